The van der Waals surface area contributed by atoms with Gasteiger partial charge in [-0.2, -0.15) is 0 Å². The summed E-state index contributed by atoms with van der Waals surface area (Å²) in [4.78, 5) is 22.3. The molecule has 0 saturated carbocycles. The second-order valence-electron chi connectivity index (χ2n) is 6.53. The van der Waals surface area contributed by atoms with Crippen molar-refractivity contribution < 1.29 is 9.53 Å². The Morgan fingerprint density at radius 3 is 3.17 bits per heavy atom. The predicted octanol–water partition coefficient (Wildman–Crippen LogP) is 3.09. The molecule has 2 amide bonds. The van der Waals surface area contributed by atoms with Gasteiger partial charge in [0.1, 0.15) is 18.2 Å². The van der Waals surface area contributed by atoms with Crippen LogP contribution < -0.4 is 10.1 Å². The van der Waals surface area contributed by atoms with E-state index in [1.54, 1.807) is 6.20 Å². The maximum absolute atomic E-state index is 12.9. The van der Waals surface area contributed by atoms with E-state index < -0.39 is 0 Å². The second kappa shape index (κ2) is 6.19. The van der Waals surface area contributed by atoms with Crippen LogP contribution in [0.4, 0.5) is 4.79 Å². The minimum atomic E-state index is -0.0911. The van der Waals surface area contributed by atoms with Crippen LogP contribution in [0.2, 0.25) is 0 Å². The zero-order valence-corrected chi connectivity index (χ0v) is 13.8. The molecule has 0 bridgehead atoms. The van der Waals surface area contributed by atoms with Crippen LogP contribution in [0.1, 0.15) is 48.3 Å². The number of imidazole rings is 1. The molecule has 1 fully saturated rings. The molecule has 3 heterocycles. The molecule has 2 aliphatic rings. The van der Waals surface area contributed by atoms with Crippen LogP contribution >= 0.6 is 0 Å². The molecule has 24 heavy (non-hydrogen) atoms. The molecule has 126 valence electrons. The monoisotopic (exact) mass is 326 g/mol. The predicted molar refractivity (Wildman–Crippen MR) is 89.8 cm³/mol. The number of hydrogen-bond acceptors (Lipinski definition) is 3. The summed E-state index contributed by atoms with van der Waals surface area (Å²) in [7, 11) is 0. The van der Waals surface area contributed by atoms with Crippen molar-refractivity contribution >= 4 is 6.03 Å². The molecule has 6 nitrogen and oxygen atoms in total. The third kappa shape index (κ3) is 2.72. The number of nitrogens with zero attached hydrogens (tertiary/aromatic N) is 2. The number of aromatic amines is 1. The molecule has 2 atom stereocenters. The number of carbonyl (C=O) groups excluding carboxylic acids is 1. The first-order valence-electron chi connectivity index (χ1n) is 8.52. The van der Waals surface area contributed by atoms with Crippen molar-refractivity contribution in [2.45, 2.75) is 38.3 Å². The SMILES string of the molecule is Cc1ccc2c(c1)[C@H](NC(=O)N1CCCC[C@H]1c1ncc[nH]1)CO2. The Morgan fingerprint density at radius 1 is 1.42 bits per heavy atom. The normalized spacial score (nSPS) is 22.8. The molecular formula is C18H22N4O2. The summed E-state index contributed by atoms with van der Waals surface area (Å²) >= 11 is 0. The number of fused-ring (bicyclic) bond motifs is 1. The van der Waals surface area contributed by atoms with Crippen LogP contribution in [0.15, 0.2) is 30.6 Å². The number of likely N-dealkylation sites (tertiary alicyclic amines) is 1. The smallest absolute Gasteiger partial charge is 0.318 e. The van der Waals surface area contributed by atoms with Crippen LogP contribution in [-0.2, 0) is 0 Å². The Kier molecular flexibility index (Phi) is 3.88. The van der Waals surface area contributed by atoms with Crippen LogP contribution in [0.25, 0.3) is 0 Å². The average molecular weight is 326 g/mol. The van der Waals surface area contributed by atoms with E-state index in [2.05, 4.69) is 28.3 Å². The van der Waals surface area contributed by atoms with Crippen molar-refractivity contribution in [1.82, 2.24) is 20.2 Å². The van der Waals surface area contributed by atoms with Crippen LogP contribution in [0, 0.1) is 6.92 Å². The lowest BCUT2D eigenvalue weighted by Gasteiger charge is -2.35. The first kappa shape index (κ1) is 15.1. The number of benzene rings is 1. The zero-order chi connectivity index (χ0) is 16.5. The Bertz CT molecular complexity index is 729. The fraction of sp³-hybridized carbons (Fsp3) is 0.444. The van der Waals surface area contributed by atoms with E-state index in [-0.39, 0.29) is 18.1 Å². The molecule has 6 heteroatoms. The van der Waals surface area contributed by atoms with Gasteiger partial charge in [0.25, 0.3) is 0 Å². The number of carbonyl (C=O) groups is 1. The lowest BCUT2D eigenvalue weighted by atomic mass is 10.0. The third-order valence-corrected chi connectivity index (χ3v) is 4.84. The van der Waals surface area contributed by atoms with Gasteiger partial charge in [-0.3, -0.25) is 0 Å². The van der Waals surface area contributed by atoms with Gasteiger partial charge in [0.2, 0.25) is 0 Å². The fourth-order valence-corrected chi connectivity index (χ4v) is 3.60. The second-order valence-corrected chi connectivity index (χ2v) is 6.53. The minimum absolute atomic E-state index is 0.0213. The number of H-pyrrole nitrogens is 1. The molecule has 0 radical (unpaired) electrons. The summed E-state index contributed by atoms with van der Waals surface area (Å²) in [6, 6.07) is 5.98. The topological polar surface area (TPSA) is 70.2 Å². The molecule has 0 aliphatic carbocycles. The van der Waals surface area contributed by atoms with E-state index in [4.69, 9.17) is 4.74 Å². The Hall–Kier alpha value is -2.50. The van der Waals surface area contributed by atoms with Crippen molar-refractivity contribution in [3.8, 4) is 5.75 Å². The van der Waals surface area contributed by atoms with Crippen LogP contribution in [-0.4, -0.2) is 34.1 Å². The van der Waals surface area contributed by atoms with E-state index in [9.17, 15) is 4.79 Å². The number of urea groups is 1. The van der Waals surface area contributed by atoms with E-state index in [1.165, 1.54) is 5.56 Å². The highest BCUT2D eigenvalue weighted by Crippen LogP contribution is 2.34. The van der Waals surface area contributed by atoms with Crippen LogP contribution in [0.5, 0.6) is 5.75 Å². The largest absolute Gasteiger partial charge is 0.491 e. The lowest BCUT2D eigenvalue weighted by molar-refractivity contribution is 0.143. The molecule has 1 aromatic heterocycles. The van der Waals surface area contributed by atoms with Crippen molar-refractivity contribution in [2.24, 2.45) is 0 Å². The molecule has 0 unspecified atom stereocenters. The third-order valence-electron chi connectivity index (χ3n) is 4.84. The highest BCUT2D eigenvalue weighted by atomic mass is 16.5. The van der Waals surface area contributed by atoms with Gasteiger partial charge in [0, 0.05) is 24.5 Å². The summed E-state index contributed by atoms with van der Waals surface area (Å²) in [6.45, 7) is 3.30. The summed E-state index contributed by atoms with van der Waals surface area (Å²) in [5.41, 5.74) is 2.24. The molecule has 4 rings (SSSR count). The molecule has 2 N–H and O–H groups in total. The number of piperidine rings is 1. The van der Waals surface area contributed by atoms with E-state index in [0.29, 0.717) is 6.61 Å². The summed E-state index contributed by atoms with van der Waals surface area (Å²) < 4.78 is 5.70. The van der Waals surface area contributed by atoms with Gasteiger partial charge in [-0.1, -0.05) is 17.7 Å². The molecule has 0 spiro atoms. The number of nitrogens with one attached hydrogen (secondary N) is 2. The van der Waals surface area contributed by atoms with Gasteiger partial charge in [-0.25, -0.2) is 9.78 Å². The number of aromatic nitrogens is 2. The van der Waals surface area contributed by atoms with E-state index in [1.807, 2.05) is 23.2 Å². The van der Waals surface area contributed by atoms with Gasteiger partial charge in [-0.05, 0) is 32.3 Å². The highest BCUT2D eigenvalue weighted by molar-refractivity contribution is 5.75. The van der Waals surface area contributed by atoms with Crippen molar-refractivity contribution in [3.63, 3.8) is 0 Å². The molecule has 2 aliphatic heterocycles. The number of ether oxygens (including phenoxy) is 1. The Labute approximate surface area is 141 Å². The number of hydrogen-bond donors (Lipinski definition) is 2. The maximum atomic E-state index is 12.9. The average Bonchev–Trinajstić information content (AvgIpc) is 3.25. The fourth-order valence-electron chi connectivity index (χ4n) is 3.60. The minimum Gasteiger partial charge on any atom is -0.491 e. The molecular weight excluding hydrogens is 304 g/mol. The van der Waals surface area contributed by atoms with Gasteiger partial charge in [0.05, 0.1) is 12.1 Å². The van der Waals surface area contributed by atoms with E-state index >= 15 is 0 Å². The first-order chi connectivity index (χ1) is 11.7. The van der Waals surface area contributed by atoms with Crippen molar-refractivity contribution in [2.75, 3.05) is 13.2 Å². The number of amides is 2. The van der Waals surface area contributed by atoms with Gasteiger partial charge >= 0.3 is 6.03 Å². The van der Waals surface area contributed by atoms with Crippen molar-refractivity contribution in [1.29, 1.82) is 0 Å². The lowest BCUT2D eigenvalue weighted by Crippen LogP contribution is -2.46. The Morgan fingerprint density at radius 2 is 2.33 bits per heavy atom. The van der Waals surface area contributed by atoms with Crippen LogP contribution in [0.3, 0.4) is 0 Å². The van der Waals surface area contributed by atoms with E-state index in [0.717, 1.165) is 42.9 Å². The molecule has 1 aromatic carbocycles. The summed E-state index contributed by atoms with van der Waals surface area (Å²) in [6.07, 6.45) is 6.64. The standard InChI is InChI=1S/C18H22N4O2/c1-12-5-6-16-13(10-12)14(11-24-16)21-18(23)22-9-3-2-4-15(22)17-19-7-8-20-17/h5-8,10,14-15H,2-4,9,11H2,1H3,(H,19,20)(H,21,23)/t14-,15+/m1/s1. The van der Waals surface area contributed by atoms with Gasteiger partial charge in [-0.15, -0.1) is 0 Å². The molecule has 2 aromatic rings. The quantitative estimate of drug-likeness (QED) is 0.891. The summed E-state index contributed by atoms with van der Waals surface area (Å²) in [5, 5.41) is 3.14. The zero-order valence-electron chi connectivity index (χ0n) is 13.8. The first-order valence-corrected chi connectivity index (χ1v) is 8.52. The molecule has 1 saturated heterocycles. The Balaban J connectivity index is 1.51. The van der Waals surface area contributed by atoms with Gasteiger partial charge < -0.3 is 19.9 Å². The number of aryl methyl sites for hydroxylation is 1. The van der Waals surface area contributed by atoms with Crippen molar-refractivity contribution in [3.05, 3.63) is 47.5 Å². The number of rotatable bonds is 2. The maximum Gasteiger partial charge on any atom is 0.318 e. The summed E-state index contributed by atoms with van der Waals surface area (Å²) in [5.74, 6) is 1.73. The van der Waals surface area contributed by atoms with Gasteiger partial charge in [0.15, 0.2) is 0 Å². The highest BCUT2D eigenvalue weighted by Gasteiger charge is 2.33.